The van der Waals surface area contributed by atoms with Crippen LogP contribution in [0.3, 0.4) is 0 Å². The third-order valence-corrected chi connectivity index (χ3v) is 5.60. The Morgan fingerprint density at radius 1 is 1.11 bits per heavy atom. The number of hydrogen-bond acceptors (Lipinski definition) is 5. The molecule has 0 bridgehead atoms. The van der Waals surface area contributed by atoms with Gasteiger partial charge in [0, 0.05) is 32.7 Å². The van der Waals surface area contributed by atoms with E-state index in [-0.39, 0.29) is 5.91 Å². The number of benzene rings is 1. The van der Waals surface area contributed by atoms with Gasteiger partial charge >= 0.3 is 0 Å². The summed E-state index contributed by atoms with van der Waals surface area (Å²) in [5.41, 5.74) is 1.46. The lowest BCUT2D eigenvalue weighted by Gasteiger charge is -2.34. The minimum Gasteiger partial charge on any atom is -0.492 e. The van der Waals surface area contributed by atoms with Crippen molar-refractivity contribution >= 4 is 17.2 Å². The molecule has 1 aliphatic rings. The molecule has 7 heteroatoms. The number of para-hydroxylation sites is 1. The average molecular weight is 382 g/mol. The Labute approximate surface area is 162 Å². The minimum absolute atomic E-state index is 0.0485. The first-order valence-corrected chi connectivity index (χ1v) is 9.96. The summed E-state index contributed by atoms with van der Waals surface area (Å²) in [6.45, 7) is 4.68. The van der Waals surface area contributed by atoms with E-state index in [1.165, 1.54) is 0 Å². The van der Waals surface area contributed by atoms with Crippen LogP contribution in [0.4, 0.5) is 0 Å². The number of amides is 1. The fourth-order valence-corrected chi connectivity index (χ4v) is 3.95. The maximum Gasteiger partial charge on any atom is 0.257 e. The van der Waals surface area contributed by atoms with Crippen molar-refractivity contribution in [3.63, 3.8) is 0 Å². The summed E-state index contributed by atoms with van der Waals surface area (Å²) in [6.07, 6.45) is 1.64. The molecule has 1 saturated heterocycles. The Kier molecular flexibility index (Phi) is 5.50. The number of ether oxygens (including phenoxy) is 1. The van der Waals surface area contributed by atoms with Gasteiger partial charge in [-0.05, 0) is 23.6 Å². The Bertz CT molecular complexity index is 855. The summed E-state index contributed by atoms with van der Waals surface area (Å²) >= 11 is 1.60. The zero-order chi connectivity index (χ0) is 18.5. The number of nitrogens with zero attached hydrogens (tertiary/aromatic N) is 3. The van der Waals surface area contributed by atoms with Crippen LogP contribution in [0.25, 0.3) is 10.6 Å². The fraction of sp³-hybridized carbons (Fsp3) is 0.300. The third-order valence-electron chi connectivity index (χ3n) is 4.72. The van der Waals surface area contributed by atoms with E-state index in [0.717, 1.165) is 49.0 Å². The van der Waals surface area contributed by atoms with Gasteiger partial charge in [0.15, 0.2) is 0 Å². The van der Waals surface area contributed by atoms with Gasteiger partial charge in [0.05, 0.1) is 22.3 Å². The fourth-order valence-electron chi connectivity index (χ4n) is 3.21. The number of aromatic amines is 1. The summed E-state index contributed by atoms with van der Waals surface area (Å²) in [5, 5.41) is 9.05. The Balaban J connectivity index is 1.28. The van der Waals surface area contributed by atoms with Crippen molar-refractivity contribution in [3.8, 4) is 16.3 Å². The standard InChI is InChI=1S/C20H22N4O2S/c25-20(17-15-21-22-19(17)18-7-4-14-27-18)24-10-8-23(9-11-24)12-13-26-16-5-2-1-3-6-16/h1-7,14-15H,8-13H2,(H,21,22). The second-order valence-corrected chi connectivity index (χ2v) is 7.38. The van der Waals surface area contributed by atoms with E-state index in [0.29, 0.717) is 12.2 Å². The quantitative estimate of drug-likeness (QED) is 0.712. The van der Waals surface area contributed by atoms with Crippen molar-refractivity contribution in [1.82, 2.24) is 20.0 Å². The molecule has 6 nitrogen and oxygen atoms in total. The van der Waals surface area contributed by atoms with Crippen LogP contribution in [0, 0.1) is 0 Å². The predicted molar refractivity (Wildman–Crippen MR) is 106 cm³/mol. The van der Waals surface area contributed by atoms with E-state index < -0.39 is 0 Å². The number of aromatic nitrogens is 2. The zero-order valence-electron chi connectivity index (χ0n) is 15.0. The molecule has 3 heterocycles. The van der Waals surface area contributed by atoms with Crippen molar-refractivity contribution in [2.75, 3.05) is 39.3 Å². The Morgan fingerprint density at radius 2 is 1.93 bits per heavy atom. The van der Waals surface area contributed by atoms with Crippen molar-refractivity contribution in [1.29, 1.82) is 0 Å². The van der Waals surface area contributed by atoms with Crippen LogP contribution in [0.15, 0.2) is 54.0 Å². The summed E-state index contributed by atoms with van der Waals surface area (Å²) in [4.78, 5) is 18.2. The number of H-pyrrole nitrogens is 1. The topological polar surface area (TPSA) is 61.5 Å². The molecule has 1 amide bonds. The molecular weight excluding hydrogens is 360 g/mol. The molecule has 3 aromatic rings. The highest BCUT2D eigenvalue weighted by atomic mass is 32.1. The highest BCUT2D eigenvalue weighted by Crippen LogP contribution is 2.26. The van der Waals surface area contributed by atoms with Gasteiger partial charge in [-0.15, -0.1) is 11.3 Å². The first-order chi connectivity index (χ1) is 13.3. The highest BCUT2D eigenvalue weighted by Gasteiger charge is 2.25. The molecule has 0 aliphatic carbocycles. The van der Waals surface area contributed by atoms with E-state index in [2.05, 4.69) is 15.1 Å². The Hall–Kier alpha value is -2.64. The number of carbonyl (C=O) groups excluding carboxylic acids is 1. The molecule has 140 valence electrons. The maximum atomic E-state index is 12.9. The van der Waals surface area contributed by atoms with Gasteiger partial charge in [-0.3, -0.25) is 14.8 Å². The summed E-state index contributed by atoms with van der Waals surface area (Å²) in [5.74, 6) is 0.944. The lowest BCUT2D eigenvalue weighted by molar-refractivity contribution is 0.0621. The number of piperazine rings is 1. The van der Waals surface area contributed by atoms with Gasteiger partial charge in [0.1, 0.15) is 12.4 Å². The largest absolute Gasteiger partial charge is 0.492 e. The second kappa shape index (κ2) is 8.37. The Morgan fingerprint density at radius 3 is 2.67 bits per heavy atom. The van der Waals surface area contributed by atoms with Gasteiger partial charge < -0.3 is 9.64 Å². The van der Waals surface area contributed by atoms with Crippen molar-refractivity contribution < 1.29 is 9.53 Å². The molecule has 0 atom stereocenters. The lowest BCUT2D eigenvalue weighted by Crippen LogP contribution is -2.49. The van der Waals surface area contributed by atoms with Crippen LogP contribution < -0.4 is 4.74 Å². The number of hydrogen-bond donors (Lipinski definition) is 1. The number of carbonyl (C=O) groups is 1. The van der Waals surface area contributed by atoms with Crippen LogP contribution in [-0.4, -0.2) is 65.2 Å². The number of nitrogens with one attached hydrogen (secondary N) is 1. The van der Waals surface area contributed by atoms with E-state index in [9.17, 15) is 4.79 Å². The predicted octanol–water partition coefficient (Wildman–Crippen LogP) is 2.98. The second-order valence-electron chi connectivity index (χ2n) is 6.43. The van der Waals surface area contributed by atoms with Crippen LogP contribution >= 0.6 is 11.3 Å². The van der Waals surface area contributed by atoms with E-state index in [1.807, 2.05) is 52.7 Å². The maximum absolute atomic E-state index is 12.9. The molecular formula is C20H22N4O2S. The molecule has 0 unspecified atom stereocenters. The summed E-state index contributed by atoms with van der Waals surface area (Å²) in [7, 11) is 0. The molecule has 4 rings (SSSR count). The van der Waals surface area contributed by atoms with Crippen molar-refractivity contribution in [3.05, 3.63) is 59.6 Å². The minimum atomic E-state index is 0.0485. The molecule has 27 heavy (non-hydrogen) atoms. The number of rotatable bonds is 6. The van der Waals surface area contributed by atoms with Crippen LogP contribution in [0.2, 0.25) is 0 Å². The summed E-state index contributed by atoms with van der Waals surface area (Å²) < 4.78 is 5.77. The van der Waals surface area contributed by atoms with Crippen LogP contribution in [0.1, 0.15) is 10.4 Å². The van der Waals surface area contributed by atoms with Gasteiger partial charge in [-0.1, -0.05) is 24.3 Å². The van der Waals surface area contributed by atoms with Crippen molar-refractivity contribution in [2.24, 2.45) is 0 Å². The van der Waals surface area contributed by atoms with Gasteiger partial charge in [-0.2, -0.15) is 5.10 Å². The molecule has 0 spiro atoms. The first-order valence-electron chi connectivity index (χ1n) is 9.08. The van der Waals surface area contributed by atoms with Crippen molar-refractivity contribution in [2.45, 2.75) is 0 Å². The molecule has 1 aliphatic heterocycles. The van der Waals surface area contributed by atoms with Gasteiger partial charge in [0.2, 0.25) is 0 Å². The van der Waals surface area contributed by atoms with E-state index >= 15 is 0 Å². The monoisotopic (exact) mass is 382 g/mol. The van der Waals surface area contributed by atoms with Crippen LogP contribution in [0.5, 0.6) is 5.75 Å². The molecule has 2 aromatic heterocycles. The van der Waals surface area contributed by atoms with Gasteiger partial charge in [0.25, 0.3) is 5.91 Å². The normalized spacial score (nSPS) is 15.0. The highest BCUT2D eigenvalue weighted by molar-refractivity contribution is 7.13. The SMILES string of the molecule is O=C(c1cn[nH]c1-c1cccs1)N1CCN(CCOc2ccccc2)CC1. The van der Waals surface area contributed by atoms with E-state index in [1.54, 1.807) is 17.5 Å². The average Bonchev–Trinajstić information content (AvgIpc) is 3.40. The van der Waals surface area contributed by atoms with Gasteiger partial charge in [-0.25, -0.2) is 0 Å². The number of thiophene rings is 1. The molecule has 1 aromatic carbocycles. The zero-order valence-corrected chi connectivity index (χ0v) is 15.8. The molecule has 1 N–H and O–H groups in total. The third kappa shape index (κ3) is 4.20. The first kappa shape index (κ1) is 17.8. The molecule has 1 fully saturated rings. The van der Waals surface area contributed by atoms with E-state index in [4.69, 9.17) is 4.74 Å². The summed E-state index contributed by atoms with van der Waals surface area (Å²) in [6, 6.07) is 13.8. The smallest absolute Gasteiger partial charge is 0.257 e. The van der Waals surface area contributed by atoms with Crippen LogP contribution in [-0.2, 0) is 0 Å². The molecule has 0 saturated carbocycles. The lowest BCUT2D eigenvalue weighted by atomic mass is 10.2. The molecule has 0 radical (unpaired) electrons.